The highest BCUT2D eigenvalue weighted by atomic mass is 19.1. The molecular weight excluding hydrogens is 510 g/mol. The molecular formula is C30H30BFN4O4. The summed E-state index contributed by atoms with van der Waals surface area (Å²) in [5.74, 6) is 0.0387. The standard InChI is InChI=1S/C30H30BFN4O4/c1-17-12-22(29-23(13-17)28(37)18(2)30(39-29)36-10-5-4-6-11-36)19(3)35-25-8-7-9-33-27(25)20-14-21-16-34-40-31(38)26(21)24(32)15-20/h7-9,12-16,19,35,38H,4-6,10-11H2,1-3H3. The maximum absolute atomic E-state index is 15.0. The van der Waals surface area contributed by atoms with Crippen LogP contribution in [0.25, 0.3) is 22.2 Å². The van der Waals surface area contributed by atoms with Crippen molar-refractivity contribution in [2.24, 2.45) is 5.16 Å². The number of benzene rings is 2. The van der Waals surface area contributed by atoms with Gasteiger partial charge in [-0.05, 0) is 75.9 Å². The van der Waals surface area contributed by atoms with E-state index < -0.39 is 12.9 Å². The van der Waals surface area contributed by atoms with Crippen LogP contribution in [-0.4, -0.2) is 36.4 Å². The van der Waals surface area contributed by atoms with E-state index in [1.165, 1.54) is 18.7 Å². The summed E-state index contributed by atoms with van der Waals surface area (Å²) >= 11 is 0. The molecule has 40 heavy (non-hydrogen) atoms. The molecule has 2 aromatic heterocycles. The van der Waals surface area contributed by atoms with Crippen LogP contribution >= 0.6 is 0 Å². The second-order valence-corrected chi connectivity index (χ2v) is 10.6. The number of pyridine rings is 1. The van der Waals surface area contributed by atoms with Crippen LogP contribution in [0, 0.1) is 19.7 Å². The summed E-state index contributed by atoms with van der Waals surface area (Å²) in [6.45, 7) is 7.55. The third kappa shape index (κ3) is 4.62. The molecule has 0 aliphatic carbocycles. The fourth-order valence-electron chi connectivity index (χ4n) is 5.68. The minimum Gasteiger partial charge on any atom is -0.440 e. The van der Waals surface area contributed by atoms with E-state index in [1.807, 2.05) is 39.0 Å². The van der Waals surface area contributed by atoms with Crippen molar-refractivity contribution >= 4 is 41.3 Å². The zero-order chi connectivity index (χ0) is 28.0. The smallest absolute Gasteiger partial charge is 0.440 e. The molecule has 1 saturated heterocycles. The van der Waals surface area contributed by atoms with Gasteiger partial charge in [0.15, 0.2) is 5.43 Å². The van der Waals surface area contributed by atoms with Crippen molar-refractivity contribution in [1.82, 2.24) is 4.98 Å². The maximum Gasteiger partial charge on any atom is 0.586 e. The van der Waals surface area contributed by atoms with Gasteiger partial charge < -0.3 is 24.4 Å². The second kappa shape index (κ2) is 10.4. The molecule has 0 amide bonds. The predicted octanol–water partition coefficient (Wildman–Crippen LogP) is 4.83. The predicted molar refractivity (Wildman–Crippen MR) is 156 cm³/mol. The number of aromatic nitrogens is 1. The Morgan fingerprint density at radius 2 is 1.95 bits per heavy atom. The van der Waals surface area contributed by atoms with Gasteiger partial charge in [-0.3, -0.25) is 9.78 Å². The molecule has 8 nitrogen and oxygen atoms in total. The molecule has 4 aromatic rings. The highest BCUT2D eigenvalue weighted by Crippen LogP contribution is 2.34. The first-order valence-electron chi connectivity index (χ1n) is 13.6. The Morgan fingerprint density at radius 1 is 1.15 bits per heavy atom. The number of oxime groups is 1. The van der Waals surface area contributed by atoms with Gasteiger partial charge in [-0.2, -0.15) is 0 Å². The molecule has 1 atom stereocenters. The van der Waals surface area contributed by atoms with Crippen LogP contribution < -0.4 is 21.1 Å². The number of aryl methyl sites for hydroxylation is 1. The van der Waals surface area contributed by atoms with Crippen molar-refractivity contribution in [2.75, 3.05) is 23.3 Å². The number of nitrogens with one attached hydrogen (secondary N) is 1. The first-order valence-corrected chi connectivity index (χ1v) is 13.6. The lowest BCUT2D eigenvalue weighted by atomic mass is 9.75. The van der Waals surface area contributed by atoms with E-state index in [1.54, 1.807) is 18.3 Å². The Kier molecular flexibility index (Phi) is 6.79. The summed E-state index contributed by atoms with van der Waals surface area (Å²) in [5.41, 5.74) is 5.19. The van der Waals surface area contributed by atoms with E-state index in [2.05, 4.69) is 20.4 Å². The van der Waals surface area contributed by atoms with E-state index in [0.29, 0.717) is 44.9 Å². The van der Waals surface area contributed by atoms with Crippen molar-refractivity contribution in [2.45, 2.75) is 46.1 Å². The Balaban J connectivity index is 1.41. The molecule has 10 heteroatoms. The number of nitrogens with zero attached hydrogens (tertiary/aromatic N) is 3. The van der Waals surface area contributed by atoms with Crippen LogP contribution in [0.2, 0.25) is 0 Å². The first-order chi connectivity index (χ1) is 19.3. The summed E-state index contributed by atoms with van der Waals surface area (Å²) in [4.78, 5) is 20.2. The van der Waals surface area contributed by atoms with E-state index >= 15 is 4.39 Å². The van der Waals surface area contributed by atoms with Crippen LogP contribution in [0.1, 0.15) is 54.5 Å². The van der Waals surface area contributed by atoms with Gasteiger partial charge in [0.2, 0.25) is 5.88 Å². The summed E-state index contributed by atoms with van der Waals surface area (Å²) in [6, 6.07) is 10.4. The number of fused-ring (bicyclic) bond motifs is 2. The minimum atomic E-state index is -1.46. The van der Waals surface area contributed by atoms with Crippen LogP contribution in [-0.2, 0) is 4.76 Å². The van der Waals surface area contributed by atoms with Crippen LogP contribution in [0.4, 0.5) is 16.0 Å². The Morgan fingerprint density at radius 3 is 2.75 bits per heavy atom. The van der Waals surface area contributed by atoms with Gasteiger partial charge in [-0.15, -0.1) is 5.16 Å². The van der Waals surface area contributed by atoms with Crippen molar-refractivity contribution < 1.29 is 18.6 Å². The van der Waals surface area contributed by atoms with E-state index in [-0.39, 0.29) is 16.9 Å². The lowest BCUT2D eigenvalue weighted by molar-refractivity contribution is 0.285. The van der Waals surface area contributed by atoms with E-state index in [0.717, 1.165) is 37.1 Å². The van der Waals surface area contributed by atoms with E-state index in [4.69, 9.17) is 9.17 Å². The normalized spacial score (nSPS) is 15.6. The molecule has 0 spiro atoms. The maximum atomic E-state index is 15.0. The van der Waals surface area contributed by atoms with Gasteiger partial charge in [-0.25, -0.2) is 4.39 Å². The summed E-state index contributed by atoms with van der Waals surface area (Å²) in [5, 5.41) is 17.8. The third-order valence-corrected chi connectivity index (χ3v) is 7.69. The topological polar surface area (TPSA) is 100 Å². The van der Waals surface area contributed by atoms with Crippen LogP contribution in [0.3, 0.4) is 0 Å². The van der Waals surface area contributed by atoms with Gasteiger partial charge in [0.25, 0.3) is 0 Å². The SMILES string of the molecule is Cc1cc(C(C)Nc2cccnc2-c2cc(F)c3c(c2)C=NOB3O)c2oc(N3CCCCC3)c(C)c(=O)c2c1. The Labute approximate surface area is 231 Å². The van der Waals surface area contributed by atoms with Crippen molar-refractivity contribution in [3.05, 3.63) is 80.9 Å². The fraction of sp³-hybridized carbons (Fsp3) is 0.300. The molecule has 2 aliphatic heterocycles. The molecule has 204 valence electrons. The number of hydrogen-bond acceptors (Lipinski definition) is 8. The lowest BCUT2D eigenvalue weighted by Crippen LogP contribution is -2.40. The third-order valence-electron chi connectivity index (χ3n) is 7.69. The molecule has 2 aliphatic rings. The number of anilines is 2. The quantitative estimate of drug-likeness (QED) is 0.350. The largest absolute Gasteiger partial charge is 0.586 e. The Hall–Kier alpha value is -4.18. The molecule has 0 saturated carbocycles. The lowest BCUT2D eigenvalue weighted by Gasteiger charge is -2.29. The average molecular weight is 540 g/mol. The first kappa shape index (κ1) is 26.1. The number of halogens is 1. The molecule has 2 N–H and O–H groups in total. The highest BCUT2D eigenvalue weighted by Gasteiger charge is 2.30. The molecule has 6 rings (SSSR count). The number of hydrogen-bond donors (Lipinski definition) is 2. The molecule has 1 unspecified atom stereocenters. The van der Waals surface area contributed by atoms with Crippen molar-refractivity contribution in [3.8, 4) is 11.3 Å². The molecule has 2 aromatic carbocycles. The minimum absolute atomic E-state index is 0.0154. The number of piperidine rings is 1. The second-order valence-electron chi connectivity index (χ2n) is 10.6. The van der Waals surface area contributed by atoms with Crippen molar-refractivity contribution in [1.29, 1.82) is 0 Å². The fourth-order valence-corrected chi connectivity index (χ4v) is 5.68. The monoisotopic (exact) mass is 540 g/mol. The molecule has 4 heterocycles. The van der Waals surface area contributed by atoms with Crippen LogP contribution in [0.5, 0.6) is 0 Å². The number of rotatable bonds is 5. The molecule has 0 radical (unpaired) electrons. The van der Waals surface area contributed by atoms with Gasteiger partial charge in [0.05, 0.1) is 34.6 Å². The van der Waals surface area contributed by atoms with Gasteiger partial charge in [0.1, 0.15) is 11.4 Å². The van der Waals surface area contributed by atoms with Gasteiger partial charge in [-0.1, -0.05) is 6.07 Å². The summed E-state index contributed by atoms with van der Waals surface area (Å²) in [6.07, 6.45) is 6.34. The van der Waals surface area contributed by atoms with Gasteiger partial charge in [0, 0.05) is 41.4 Å². The Bertz CT molecular complexity index is 1700. The highest BCUT2D eigenvalue weighted by molar-refractivity contribution is 6.62. The average Bonchev–Trinajstić information content (AvgIpc) is 2.95. The molecule has 0 bridgehead atoms. The zero-order valence-electron chi connectivity index (χ0n) is 22.7. The summed E-state index contributed by atoms with van der Waals surface area (Å²) < 4.78 is 26.3. The van der Waals surface area contributed by atoms with Crippen LogP contribution in [0.15, 0.2) is 57.0 Å². The zero-order valence-corrected chi connectivity index (χ0v) is 22.7. The van der Waals surface area contributed by atoms with E-state index in [9.17, 15) is 9.82 Å². The van der Waals surface area contributed by atoms with Gasteiger partial charge >= 0.3 is 7.12 Å². The summed E-state index contributed by atoms with van der Waals surface area (Å²) in [7, 11) is -1.46. The molecule has 1 fully saturated rings. The van der Waals surface area contributed by atoms with Crippen molar-refractivity contribution in [3.63, 3.8) is 0 Å².